The van der Waals surface area contributed by atoms with Crippen molar-refractivity contribution in [2.24, 2.45) is 0 Å². The summed E-state index contributed by atoms with van der Waals surface area (Å²) in [4.78, 5) is 3.16. The Morgan fingerprint density at radius 3 is 2.75 bits per heavy atom. The maximum Gasteiger partial charge on any atom is 0.170 e. The molecule has 24 heavy (non-hydrogen) atoms. The molecule has 0 unspecified atom stereocenters. The van der Waals surface area contributed by atoms with E-state index in [4.69, 9.17) is 12.2 Å². The van der Waals surface area contributed by atoms with Crippen molar-refractivity contribution in [3.05, 3.63) is 65.1 Å². The summed E-state index contributed by atoms with van der Waals surface area (Å²) in [7, 11) is 0. The quantitative estimate of drug-likeness (QED) is 0.614. The fraction of sp³-hybridized carbons (Fsp3) is 0.211. The highest BCUT2D eigenvalue weighted by Gasteiger charge is 2.05. The first-order chi connectivity index (χ1) is 11.5. The molecule has 0 fully saturated rings. The van der Waals surface area contributed by atoms with Crippen molar-refractivity contribution in [1.82, 2.24) is 10.3 Å². The van der Waals surface area contributed by atoms with Gasteiger partial charge in [0.25, 0.3) is 0 Å². The van der Waals surface area contributed by atoms with E-state index < -0.39 is 0 Å². The molecular weight excluding hydrogens is 321 g/mol. The lowest BCUT2D eigenvalue weighted by atomic mass is 10.1. The van der Waals surface area contributed by atoms with Gasteiger partial charge in [-0.05, 0) is 79.5 Å². The molecule has 0 saturated carbocycles. The van der Waals surface area contributed by atoms with Crippen molar-refractivity contribution >= 4 is 33.9 Å². The highest BCUT2D eigenvalue weighted by Crippen LogP contribution is 2.19. The number of rotatable bonds is 4. The summed E-state index contributed by atoms with van der Waals surface area (Å²) in [5.41, 5.74) is 5.48. The molecular formula is C19H20FN3S. The van der Waals surface area contributed by atoms with Gasteiger partial charge in [0.15, 0.2) is 5.11 Å². The van der Waals surface area contributed by atoms with Gasteiger partial charge in [0.05, 0.1) is 0 Å². The molecule has 3 aromatic rings. The molecule has 3 rings (SSSR count). The number of fused-ring (bicyclic) bond motifs is 1. The monoisotopic (exact) mass is 341 g/mol. The van der Waals surface area contributed by atoms with Gasteiger partial charge < -0.3 is 15.6 Å². The molecule has 0 saturated heterocycles. The van der Waals surface area contributed by atoms with Crippen LogP contribution in [0.5, 0.6) is 0 Å². The third-order valence-corrected chi connectivity index (χ3v) is 4.42. The van der Waals surface area contributed by atoms with Crippen molar-refractivity contribution < 1.29 is 4.39 Å². The number of aryl methyl sites for hydroxylation is 2. The lowest BCUT2D eigenvalue weighted by Crippen LogP contribution is -2.30. The van der Waals surface area contributed by atoms with Crippen LogP contribution in [-0.4, -0.2) is 16.6 Å². The number of anilines is 1. The molecule has 0 atom stereocenters. The Hall–Kier alpha value is -2.40. The van der Waals surface area contributed by atoms with Gasteiger partial charge in [0.1, 0.15) is 5.82 Å². The summed E-state index contributed by atoms with van der Waals surface area (Å²) >= 11 is 5.33. The van der Waals surface area contributed by atoms with Crippen LogP contribution in [0.4, 0.5) is 10.1 Å². The Morgan fingerprint density at radius 1 is 1.12 bits per heavy atom. The number of hydrogen-bond donors (Lipinski definition) is 3. The molecule has 1 aromatic heterocycles. The van der Waals surface area contributed by atoms with E-state index in [9.17, 15) is 4.39 Å². The minimum Gasteiger partial charge on any atom is -0.362 e. The molecule has 3 N–H and O–H groups in total. The van der Waals surface area contributed by atoms with Gasteiger partial charge in [-0.1, -0.05) is 6.07 Å². The Balaban J connectivity index is 1.56. The molecule has 124 valence electrons. The van der Waals surface area contributed by atoms with Gasteiger partial charge in [-0.15, -0.1) is 0 Å². The summed E-state index contributed by atoms with van der Waals surface area (Å²) in [6.07, 6.45) is 2.68. The number of aromatic amines is 1. The number of halogens is 1. The second-order valence-electron chi connectivity index (χ2n) is 5.93. The standard InChI is InChI=1S/C19H20FN3S/c1-12-3-5-16(9-13(12)2)23-19(24)21-8-7-14-11-22-18-6-4-15(20)10-17(14)18/h3-6,9-11,22H,7-8H2,1-2H3,(H2,21,23,24). The lowest BCUT2D eigenvalue weighted by molar-refractivity contribution is 0.629. The zero-order valence-electron chi connectivity index (χ0n) is 13.7. The molecule has 0 bridgehead atoms. The zero-order valence-corrected chi connectivity index (χ0v) is 14.6. The number of aromatic nitrogens is 1. The van der Waals surface area contributed by atoms with E-state index >= 15 is 0 Å². The largest absolute Gasteiger partial charge is 0.362 e. The first kappa shape index (κ1) is 16.5. The van der Waals surface area contributed by atoms with E-state index in [0.29, 0.717) is 11.7 Å². The normalized spacial score (nSPS) is 10.8. The molecule has 1 heterocycles. The van der Waals surface area contributed by atoms with Gasteiger partial charge in [-0.3, -0.25) is 0 Å². The molecule has 0 spiro atoms. The highest BCUT2D eigenvalue weighted by molar-refractivity contribution is 7.80. The van der Waals surface area contributed by atoms with Crippen molar-refractivity contribution in [3.63, 3.8) is 0 Å². The fourth-order valence-electron chi connectivity index (χ4n) is 2.66. The molecule has 0 aliphatic heterocycles. The number of nitrogens with one attached hydrogen (secondary N) is 3. The molecule has 2 aromatic carbocycles. The Bertz CT molecular complexity index is 885. The topological polar surface area (TPSA) is 39.8 Å². The summed E-state index contributed by atoms with van der Waals surface area (Å²) in [6.45, 7) is 4.84. The lowest BCUT2D eigenvalue weighted by Gasteiger charge is -2.11. The highest BCUT2D eigenvalue weighted by atomic mass is 32.1. The van der Waals surface area contributed by atoms with Gasteiger partial charge in [0, 0.05) is 29.3 Å². The van der Waals surface area contributed by atoms with Crippen LogP contribution in [0.25, 0.3) is 10.9 Å². The van der Waals surface area contributed by atoms with Crippen LogP contribution >= 0.6 is 12.2 Å². The third-order valence-electron chi connectivity index (χ3n) is 4.17. The molecule has 0 aliphatic carbocycles. The first-order valence-electron chi connectivity index (χ1n) is 7.90. The molecule has 0 aliphatic rings. The van der Waals surface area contributed by atoms with E-state index in [-0.39, 0.29) is 5.82 Å². The van der Waals surface area contributed by atoms with Gasteiger partial charge in [0.2, 0.25) is 0 Å². The number of thiocarbonyl (C=S) groups is 1. The number of hydrogen-bond acceptors (Lipinski definition) is 1. The van der Waals surface area contributed by atoms with Gasteiger partial charge in [-0.25, -0.2) is 4.39 Å². The van der Waals surface area contributed by atoms with E-state index in [1.165, 1.54) is 17.2 Å². The Labute approximate surface area is 146 Å². The average Bonchev–Trinajstić information content (AvgIpc) is 2.93. The third kappa shape index (κ3) is 3.74. The SMILES string of the molecule is Cc1ccc(NC(=S)NCCc2c[nH]c3ccc(F)cc23)cc1C. The van der Waals surface area contributed by atoms with E-state index in [0.717, 1.165) is 28.6 Å². The van der Waals surface area contributed by atoms with E-state index in [1.54, 1.807) is 12.1 Å². The van der Waals surface area contributed by atoms with Crippen LogP contribution in [0, 0.1) is 19.7 Å². The average molecular weight is 341 g/mol. The summed E-state index contributed by atoms with van der Waals surface area (Å²) in [5.74, 6) is -0.219. The molecule has 3 nitrogen and oxygen atoms in total. The maximum atomic E-state index is 13.4. The minimum absolute atomic E-state index is 0.219. The Morgan fingerprint density at radius 2 is 1.96 bits per heavy atom. The van der Waals surface area contributed by atoms with Crippen LogP contribution in [0.2, 0.25) is 0 Å². The predicted octanol–water partition coefficient (Wildman–Crippen LogP) is 4.45. The van der Waals surface area contributed by atoms with Crippen molar-refractivity contribution in [2.45, 2.75) is 20.3 Å². The van der Waals surface area contributed by atoms with Crippen molar-refractivity contribution in [2.75, 3.05) is 11.9 Å². The van der Waals surface area contributed by atoms with Gasteiger partial charge >= 0.3 is 0 Å². The van der Waals surface area contributed by atoms with E-state index in [1.807, 2.05) is 12.3 Å². The van der Waals surface area contributed by atoms with Crippen LogP contribution in [0.1, 0.15) is 16.7 Å². The minimum atomic E-state index is -0.219. The Kier molecular flexibility index (Phi) is 4.81. The molecule has 0 amide bonds. The zero-order chi connectivity index (χ0) is 17.1. The van der Waals surface area contributed by atoms with Crippen molar-refractivity contribution in [3.8, 4) is 0 Å². The van der Waals surface area contributed by atoms with Crippen LogP contribution in [-0.2, 0) is 6.42 Å². The summed E-state index contributed by atoms with van der Waals surface area (Å²) < 4.78 is 13.4. The van der Waals surface area contributed by atoms with Gasteiger partial charge in [-0.2, -0.15) is 0 Å². The van der Waals surface area contributed by atoms with Crippen LogP contribution < -0.4 is 10.6 Å². The molecule has 5 heteroatoms. The summed E-state index contributed by atoms with van der Waals surface area (Å²) in [5, 5.41) is 7.89. The number of H-pyrrole nitrogens is 1. The van der Waals surface area contributed by atoms with Crippen molar-refractivity contribution in [1.29, 1.82) is 0 Å². The molecule has 0 radical (unpaired) electrons. The number of benzene rings is 2. The maximum absolute atomic E-state index is 13.4. The predicted molar refractivity (Wildman–Crippen MR) is 102 cm³/mol. The van der Waals surface area contributed by atoms with Crippen LogP contribution in [0.3, 0.4) is 0 Å². The fourth-order valence-corrected chi connectivity index (χ4v) is 2.88. The second kappa shape index (κ2) is 7.01. The summed E-state index contributed by atoms with van der Waals surface area (Å²) in [6, 6.07) is 10.9. The smallest absolute Gasteiger partial charge is 0.170 e. The first-order valence-corrected chi connectivity index (χ1v) is 8.31. The van der Waals surface area contributed by atoms with E-state index in [2.05, 4.69) is 41.6 Å². The second-order valence-corrected chi connectivity index (χ2v) is 6.34. The van der Waals surface area contributed by atoms with Crippen LogP contribution in [0.15, 0.2) is 42.6 Å².